The Morgan fingerprint density at radius 1 is 0.781 bits per heavy atom. The molecule has 0 atom stereocenters. The molecule has 0 aliphatic heterocycles. The average Bonchev–Trinajstić information content (AvgIpc) is 2.80. The molecule has 3 aromatic carbocycles. The van der Waals surface area contributed by atoms with Gasteiger partial charge >= 0.3 is 5.97 Å². The summed E-state index contributed by atoms with van der Waals surface area (Å²) in [6, 6.07) is 17.7. The quantitative estimate of drug-likeness (QED) is 0.451. The topological polar surface area (TPSA) is 98.8 Å². The SMILES string of the molecule is O=C(COC(=O)COc1ccccc1Cl)Nc1ccc2c(c1)C(=O)c1ccccc1C2=O. The molecule has 0 heterocycles. The van der Waals surface area contributed by atoms with Crippen molar-refractivity contribution in [2.24, 2.45) is 0 Å². The Labute approximate surface area is 187 Å². The lowest BCUT2D eigenvalue weighted by Crippen LogP contribution is -2.24. The zero-order valence-corrected chi connectivity index (χ0v) is 17.3. The third-order valence-electron chi connectivity index (χ3n) is 4.76. The van der Waals surface area contributed by atoms with Crippen LogP contribution < -0.4 is 10.1 Å². The van der Waals surface area contributed by atoms with E-state index in [0.717, 1.165) is 0 Å². The molecule has 0 bridgehead atoms. The first kappa shape index (κ1) is 21.3. The third-order valence-corrected chi connectivity index (χ3v) is 5.07. The molecule has 8 heteroatoms. The highest BCUT2D eigenvalue weighted by Gasteiger charge is 2.29. The van der Waals surface area contributed by atoms with Crippen LogP contribution in [0.15, 0.2) is 66.7 Å². The number of halogens is 1. The fourth-order valence-electron chi connectivity index (χ4n) is 3.26. The van der Waals surface area contributed by atoms with Crippen LogP contribution in [0.2, 0.25) is 5.02 Å². The Balaban J connectivity index is 1.35. The van der Waals surface area contributed by atoms with Crippen molar-refractivity contribution >= 4 is 40.7 Å². The van der Waals surface area contributed by atoms with E-state index in [-0.39, 0.29) is 22.7 Å². The van der Waals surface area contributed by atoms with Crippen LogP contribution in [0.4, 0.5) is 5.69 Å². The number of ether oxygens (including phenoxy) is 2. The van der Waals surface area contributed by atoms with E-state index in [4.69, 9.17) is 21.1 Å². The van der Waals surface area contributed by atoms with E-state index >= 15 is 0 Å². The van der Waals surface area contributed by atoms with Crippen molar-refractivity contribution < 1.29 is 28.7 Å². The predicted octanol–water partition coefficient (Wildman–Crippen LogP) is 3.68. The number of ketones is 2. The number of carbonyl (C=O) groups is 4. The minimum Gasteiger partial charge on any atom is -0.480 e. The van der Waals surface area contributed by atoms with Gasteiger partial charge < -0.3 is 14.8 Å². The van der Waals surface area contributed by atoms with Crippen molar-refractivity contribution in [2.75, 3.05) is 18.5 Å². The number of anilines is 1. The van der Waals surface area contributed by atoms with Crippen LogP contribution in [-0.4, -0.2) is 36.7 Å². The van der Waals surface area contributed by atoms with E-state index in [2.05, 4.69) is 5.32 Å². The van der Waals surface area contributed by atoms with Gasteiger partial charge in [-0.2, -0.15) is 0 Å². The molecule has 7 nitrogen and oxygen atoms in total. The minimum absolute atomic E-state index is 0.205. The number of amides is 1. The van der Waals surface area contributed by atoms with Gasteiger partial charge in [0.05, 0.1) is 5.02 Å². The highest BCUT2D eigenvalue weighted by atomic mass is 35.5. The average molecular weight is 450 g/mol. The summed E-state index contributed by atoms with van der Waals surface area (Å²) < 4.78 is 10.1. The number of rotatable bonds is 6. The molecule has 0 saturated heterocycles. The molecule has 0 aromatic heterocycles. The van der Waals surface area contributed by atoms with Crippen molar-refractivity contribution in [1.82, 2.24) is 0 Å². The molecule has 0 saturated carbocycles. The fourth-order valence-corrected chi connectivity index (χ4v) is 3.45. The molecule has 32 heavy (non-hydrogen) atoms. The Morgan fingerprint density at radius 2 is 1.41 bits per heavy atom. The van der Waals surface area contributed by atoms with Gasteiger partial charge in [-0.05, 0) is 30.3 Å². The highest BCUT2D eigenvalue weighted by Crippen LogP contribution is 2.29. The van der Waals surface area contributed by atoms with E-state index in [0.29, 0.717) is 27.6 Å². The van der Waals surface area contributed by atoms with Gasteiger partial charge in [-0.25, -0.2) is 4.79 Å². The number of esters is 1. The molecule has 1 amide bonds. The minimum atomic E-state index is -0.747. The number of benzene rings is 3. The summed E-state index contributed by atoms with van der Waals surface area (Å²) in [7, 11) is 0. The van der Waals surface area contributed by atoms with Crippen molar-refractivity contribution in [3.8, 4) is 5.75 Å². The molecule has 3 aromatic rings. The fraction of sp³-hybridized carbons (Fsp3) is 0.0833. The Kier molecular flexibility index (Phi) is 6.00. The largest absolute Gasteiger partial charge is 0.480 e. The molecule has 1 aliphatic rings. The molecule has 0 spiro atoms. The van der Waals surface area contributed by atoms with Crippen molar-refractivity contribution in [3.05, 3.63) is 94.0 Å². The molecular formula is C24H16ClNO6. The van der Waals surface area contributed by atoms with Crippen molar-refractivity contribution in [1.29, 1.82) is 0 Å². The molecule has 0 fully saturated rings. The lowest BCUT2D eigenvalue weighted by atomic mass is 9.84. The number of carbonyl (C=O) groups excluding carboxylic acids is 4. The van der Waals surface area contributed by atoms with E-state index in [1.165, 1.54) is 18.2 Å². The number of para-hydroxylation sites is 1. The molecule has 0 radical (unpaired) electrons. The Hall–Kier alpha value is -3.97. The molecule has 160 valence electrons. The second-order valence-electron chi connectivity index (χ2n) is 6.89. The second-order valence-corrected chi connectivity index (χ2v) is 7.30. The number of fused-ring (bicyclic) bond motifs is 2. The maximum absolute atomic E-state index is 12.8. The zero-order valence-electron chi connectivity index (χ0n) is 16.6. The Morgan fingerprint density at radius 3 is 2.12 bits per heavy atom. The van der Waals surface area contributed by atoms with Crippen LogP contribution in [-0.2, 0) is 14.3 Å². The first-order valence-electron chi connectivity index (χ1n) is 9.59. The van der Waals surface area contributed by atoms with Crippen molar-refractivity contribution in [3.63, 3.8) is 0 Å². The first-order valence-corrected chi connectivity index (χ1v) is 9.97. The van der Waals surface area contributed by atoms with Gasteiger partial charge in [0, 0.05) is 27.9 Å². The van der Waals surface area contributed by atoms with E-state index in [9.17, 15) is 19.2 Å². The van der Waals surface area contributed by atoms with Crippen LogP contribution in [0.1, 0.15) is 31.8 Å². The van der Waals surface area contributed by atoms with E-state index < -0.39 is 25.1 Å². The Bertz CT molecular complexity index is 1250. The summed E-state index contributed by atoms with van der Waals surface area (Å²) >= 11 is 5.94. The maximum Gasteiger partial charge on any atom is 0.344 e. The van der Waals surface area contributed by atoms with Crippen LogP contribution in [0, 0.1) is 0 Å². The number of nitrogens with one attached hydrogen (secondary N) is 1. The van der Waals surface area contributed by atoms with Crippen LogP contribution >= 0.6 is 11.6 Å². The van der Waals surface area contributed by atoms with Crippen LogP contribution in [0.25, 0.3) is 0 Å². The molecule has 0 unspecified atom stereocenters. The maximum atomic E-state index is 12.8. The lowest BCUT2D eigenvalue weighted by molar-refractivity contribution is -0.149. The molecule has 4 rings (SSSR count). The summed E-state index contributed by atoms with van der Waals surface area (Å²) in [4.78, 5) is 49.4. The standard InChI is InChI=1S/C24H16ClNO6/c25-19-7-3-4-8-20(19)31-13-22(28)32-12-21(27)26-14-9-10-17-18(11-14)24(30)16-6-2-1-5-15(16)23(17)29/h1-11H,12-13H2,(H,26,27). The van der Waals surface area contributed by atoms with Gasteiger partial charge in [-0.1, -0.05) is 48.0 Å². The summed E-state index contributed by atoms with van der Waals surface area (Å²) in [5.41, 5.74) is 1.46. The lowest BCUT2D eigenvalue weighted by Gasteiger charge is -2.18. The van der Waals surface area contributed by atoms with Gasteiger partial charge in [0.1, 0.15) is 5.75 Å². The van der Waals surface area contributed by atoms with Gasteiger partial charge in [-0.3, -0.25) is 14.4 Å². The van der Waals surface area contributed by atoms with Crippen LogP contribution in [0.5, 0.6) is 5.75 Å². The first-order chi connectivity index (χ1) is 15.4. The summed E-state index contributed by atoms with van der Waals surface area (Å²) in [5.74, 6) is -1.57. The molecule has 1 aliphatic carbocycles. The number of hydrogen-bond donors (Lipinski definition) is 1. The monoisotopic (exact) mass is 449 g/mol. The van der Waals surface area contributed by atoms with E-state index in [1.807, 2.05) is 0 Å². The molecular weight excluding hydrogens is 434 g/mol. The van der Waals surface area contributed by atoms with Crippen molar-refractivity contribution in [2.45, 2.75) is 0 Å². The van der Waals surface area contributed by atoms with E-state index in [1.54, 1.807) is 48.5 Å². The smallest absolute Gasteiger partial charge is 0.344 e. The number of hydrogen-bond acceptors (Lipinski definition) is 6. The summed E-state index contributed by atoms with van der Waals surface area (Å²) in [6.07, 6.45) is 0. The van der Waals surface area contributed by atoms with Gasteiger partial charge in [0.25, 0.3) is 5.91 Å². The summed E-state index contributed by atoms with van der Waals surface area (Å²) in [6.45, 7) is -0.955. The van der Waals surface area contributed by atoms with Gasteiger partial charge in [0.2, 0.25) is 0 Å². The molecule has 1 N–H and O–H groups in total. The normalized spacial score (nSPS) is 11.9. The van der Waals surface area contributed by atoms with Gasteiger partial charge in [-0.15, -0.1) is 0 Å². The van der Waals surface area contributed by atoms with Crippen LogP contribution in [0.3, 0.4) is 0 Å². The summed E-state index contributed by atoms with van der Waals surface area (Å²) in [5, 5.41) is 2.90. The predicted molar refractivity (Wildman–Crippen MR) is 116 cm³/mol. The third kappa shape index (κ3) is 4.38. The highest BCUT2D eigenvalue weighted by molar-refractivity contribution is 6.32. The zero-order chi connectivity index (χ0) is 22.7. The van der Waals surface area contributed by atoms with Gasteiger partial charge in [0.15, 0.2) is 24.8 Å². The second kappa shape index (κ2) is 9.03.